The van der Waals surface area contributed by atoms with E-state index in [9.17, 15) is 62.1 Å². The second kappa shape index (κ2) is 16.1. The molecule has 1 unspecified atom stereocenters. The fourth-order valence-electron chi connectivity index (χ4n) is 3.16. The molecule has 0 fully saturated rings. The van der Waals surface area contributed by atoms with Crippen LogP contribution in [0.15, 0.2) is 29.2 Å². The lowest BCUT2D eigenvalue weighted by Gasteiger charge is -2.33. The molecule has 1 atom stereocenters. The van der Waals surface area contributed by atoms with E-state index in [0.717, 1.165) is 12.1 Å². The van der Waals surface area contributed by atoms with Gasteiger partial charge in [-0.2, -0.15) is 39.5 Å². The first kappa shape index (κ1) is 41.4. The fourth-order valence-corrected chi connectivity index (χ4v) is 3.63. The standard InChI is InChI=1S/C18H28F9N3O3.C7H8O3S/c1-28-13(31)11-12(29-8-5-6-9-30(2,3)4)14(32)33-10-7-15(19,20)16(21,22)17(23,24)18(25,26)27;1-6-2-4-7(5-3-6)11(8,9)10/h12,29H,5-11H2,1-4H3;2-5H,1H3,(H,8,9,10). The molecule has 0 aliphatic rings. The molecule has 0 saturated heterocycles. The van der Waals surface area contributed by atoms with Gasteiger partial charge in [0.05, 0.1) is 52.0 Å². The topological polar surface area (TPSA) is 125 Å². The summed E-state index contributed by atoms with van der Waals surface area (Å²) >= 11 is 0. The van der Waals surface area contributed by atoms with Gasteiger partial charge in [0.25, 0.3) is 0 Å². The van der Waals surface area contributed by atoms with Crippen LogP contribution in [0.25, 0.3) is 0 Å². The Hall–Kier alpha value is -2.64. The number of carbonyl (C=O) groups is 2. The Morgan fingerprint density at radius 1 is 0.932 bits per heavy atom. The number of rotatable bonds is 15. The van der Waals surface area contributed by atoms with Gasteiger partial charge in [-0.1, -0.05) is 17.7 Å². The number of alkyl halides is 9. The van der Waals surface area contributed by atoms with Crippen molar-refractivity contribution < 1.29 is 71.3 Å². The van der Waals surface area contributed by atoms with E-state index in [2.05, 4.69) is 15.4 Å². The van der Waals surface area contributed by atoms with Crippen LogP contribution in [0.4, 0.5) is 39.5 Å². The summed E-state index contributed by atoms with van der Waals surface area (Å²) in [5.41, 5.74) is 0.928. The molecule has 1 amide bonds. The normalized spacial score (nSPS) is 13.9. The average Bonchev–Trinajstić information content (AvgIpc) is 2.86. The zero-order valence-electron chi connectivity index (χ0n) is 24.5. The van der Waals surface area contributed by atoms with Gasteiger partial charge >= 0.3 is 29.9 Å². The molecule has 0 aliphatic carbocycles. The molecule has 1 aromatic rings. The minimum Gasteiger partial charge on any atom is -0.744 e. The van der Waals surface area contributed by atoms with Crippen LogP contribution in [0.1, 0.15) is 31.2 Å². The van der Waals surface area contributed by atoms with Gasteiger partial charge in [-0.3, -0.25) is 9.59 Å². The number of nitrogens with one attached hydrogen (secondary N) is 2. The highest BCUT2D eigenvalue weighted by molar-refractivity contribution is 7.85. The molecule has 2 N–H and O–H groups in total. The highest BCUT2D eigenvalue weighted by atomic mass is 32.2. The van der Waals surface area contributed by atoms with Crippen molar-refractivity contribution in [2.24, 2.45) is 0 Å². The van der Waals surface area contributed by atoms with E-state index in [1.165, 1.54) is 19.2 Å². The molecule has 0 aromatic heterocycles. The molecule has 0 spiro atoms. The third-order valence-electron chi connectivity index (χ3n) is 5.78. The maximum absolute atomic E-state index is 13.5. The summed E-state index contributed by atoms with van der Waals surface area (Å²) in [7, 11) is 2.82. The van der Waals surface area contributed by atoms with Crippen molar-refractivity contribution in [3.05, 3.63) is 29.8 Å². The predicted octanol–water partition coefficient (Wildman–Crippen LogP) is 3.87. The molecule has 19 heteroatoms. The zero-order chi connectivity index (χ0) is 34.8. The largest absolute Gasteiger partial charge is 0.744 e. The van der Waals surface area contributed by atoms with Crippen molar-refractivity contribution in [3.8, 4) is 0 Å². The first-order chi connectivity index (χ1) is 19.7. The van der Waals surface area contributed by atoms with Crippen LogP contribution in [-0.2, 0) is 24.4 Å². The first-order valence-corrected chi connectivity index (χ1v) is 14.2. The van der Waals surface area contributed by atoms with E-state index >= 15 is 0 Å². The highest BCUT2D eigenvalue weighted by Crippen LogP contribution is 2.53. The lowest BCUT2D eigenvalue weighted by molar-refractivity contribution is -0.870. The second-order valence-corrected chi connectivity index (χ2v) is 12.0. The van der Waals surface area contributed by atoms with E-state index in [-0.39, 0.29) is 11.4 Å². The Kier molecular flexibility index (Phi) is 15.1. The van der Waals surface area contributed by atoms with Crippen molar-refractivity contribution in [2.45, 2.75) is 67.5 Å². The number of carbonyl (C=O) groups excluding carboxylic acids is 2. The van der Waals surface area contributed by atoms with Gasteiger partial charge in [-0.15, -0.1) is 0 Å². The summed E-state index contributed by atoms with van der Waals surface area (Å²) < 4.78 is 152. The van der Waals surface area contributed by atoms with Crippen LogP contribution in [0, 0.1) is 6.92 Å². The smallest absolute Gasteiger partial charge is 0.460 e. The van der Waals surface area contributed by atoms with Gasteiger partial charge in [-0.25, -0.2) is 8.42 Å². The first-order valence-electron chi connectivity index (χ1n) is 12.8. The molecular formula is C25H36F9N3O6S. The number of halogens is 9. The fraction of sp³-hybridized carbons (Fsp3) is 0.680. The molecule has 44 heavy (non-hydrogen) atoms. The Labute approximate surface area is 249 Å². The number of quaternary nitrogens is 1. The number of ether oxygens (including phenoxy) is 1. The van der Waals surface area contributed by atoms with E-state index in [1.807, 2.05) is 28.1 Å². The summed E-state index contributed by atoms with van der Waals surface area (Å²) in [5.74, 6) is -21.6. The monoisotopic (exact) mass is 677 g/mol. The Bertz CT molecular complexity index is 1170. The summed E-state index contributed by atoms with van der Waals surface area (Å²) in [6.45, 7) is 1.21. The summed E-state index contributed by atoms with van der Waals surface area (Å²) in [4.78, 5) is 23.4. The number of benzene rings is 1. The second-order valence-electron chi connectivity index (χ2n) is 10.6. The van der Waals surface area contributed by atoms with E-state index in [4.69, 9.17) is 0 Å². The predicted molar refractivity (Wildman–Crippen MR) is 138 cm³/mol. The van der Waals surface area contributed by atoms with Crippen molar-refractivity contribution in [3.63, 3.8) is 0 Å². The maximum Gasteiger partial charge on any atom is 0.460 e. The van der Waals surface area contributed by atoms with E-state index in [1.54, 1.807) is 12.1 Å². The number of esters is 1. The molecule has 0 bridgehead atoms. The van der Waals surface area contributed by atoms with Gasteiger partial charge in [0.15, 0.2) is 0 Å². The van der Waals surface area contributed by atoms with Gasteiger partial charge in [0, 0.05) is 7.05 Å². The summed E-state index contributed by atoms with van der Waals surface area (Å²) in [6, 6.07) is 4.41. The molecular weight excluding hydrogens is 641 g/mol. The number of hydrogen-bond acceptors (Lipinski definition) is 7. The molecule has 0 heterocycles. The highest BCUT2D eigenvalue weighted by Gasteiger charge is 2.81. The third kappa shape index (κ3) is 13.2. The van der Waals surface area contributed by atoms with Crippen molar-refractivity contribution in [2.75, 3.05) is 47.9 Å². The van der Waals surface area contributed by atoms with Crippen LogP contribution in [0.3, 0.4) is 0 Å². The van der Waals surface area contributed by atoms with Gasteiger partial charge in [0.2, 0.25) is 5.91 Å². The number of unbranched alkanes of at least 4 members (excludes halogenated alkanes) is 1. The van der Waals surface area contributed by atoms with Crippen molar-refractivity contribution in [1.29, 1.82) is 0 Å². The molecule has 256 valence electrons. The lowest BCUT2D eigenvalue weighted by atomic mass is 10.0. The third-order valence-corrected chi connectivity index (χ3v) is 6.63. The van der Waals surface area contributed by atoms with Gasteiger partial charge < -0.3 is 24.4 Å². The average molecular weight is 678 g/mol. The minimum absolute atomic E-state index is 0.178. The molecule has 0 radical (unpaired) electrons. The van der Waals surface area contributed by atoms with Crippen molar-refractivity contribution >= 4 is 22.0 Å². The lowest BCUT2D eigenvalue weighted by Crippen LogP contribution is -2.61. The SMILES string of the molecule is CNC(=O)CC(NCCCC[N+](C)(C)C)C(=O)OCCC(F)(F)C(F)(F)C(F)(F)C(F)(F)F.Cc1ccc(S(=O)(=O)[O-])cc1. The Morgan fingerprint density at radius 3 is 1.89 bits per heavy atom. The van der Waals surface area contributed by atoms with Crippen LogP contribution in [0.2, 0.25) is 0 Å². The van der Waals surface area contributed by atoms with E-state index < -0.39 is 71.4 Å². The Morgan fingerprint density at radius 2 is 1.45 bits per heavy atom. The number of hydrogen-bond donors (Lipinski definition) is 2. The van der Waals surface area contributed by atoms with Crippen LogP contribution in [-0.4, -0.2) is 107 Å². The van der Waals surface area contributed by atoms with Crippen LogP contribution < -0.4 is 10.6 Å². The molecule has 0 aliphatic heterocycles. The van der Waals surface area contributed by atoms with Gasteiger partial charge in [-0.05, 0) is 38.4 Å². The zero-order valence-corrected chi connectivity index (χ0v) is 25.4. The van der Waals surface area contributed by atoms with Gasteiger partial charge in [0.1, 0.15) is 16.2 Å². The molecule has 0 saturated carbocycles. The number of aryl methyl sites for hydroxylation is 1. The minimum atomic E-state index is -7.01. The number of amides is 1. The van der Waals surface area contributed by atoms with E-state index in [0.29, 0.717) is 17.3 Å². The molecule has 1 rings (SSSR count). The molecule has 9 nitrogen and oxygen atoms in total. The van der Waals surface area contributed by atoms with Crippen LogP contribution in [0.5, 0.6) is 0 Å². The summed E-state index contributed by atoms with van der Waals surface area (Å²) in [5, 5.41) is 4.85. The quantitative estimate of drug-likeness (QED) is 0.0950. The van der Waals surface area contributed by atoms with Crippen LogP contribution >= 0.6 is 0 Å². The Balaban J connectivity index is 0.00000139. The van der Waals surface area contributed by atoms with Crippen molar-refractivity contribution in [1.82, 2.24) is 10.6 Å². The summed E-state index contributed by atoms with van der Waals surface area (Å²) in [6.07, 6.45) is -8.47. The number of nitrogens with zero attached hydrogens (tertiary/aromatic N) is 1. The molecule has 1 aromatic carbocycles. The maximum atomic E-state index is 13.5.